The zero-order valence-electron chi connectivity index (χ0n) is 10.2. The van der Waals surface area contributed by atoms with Gasteiger partial charge in [0.05, 0.1) is 15.6 Å². The summed E-state index contributed by atoms with van der Waals surface area (Å²) in [5.41, 5.74) is 0.503. The van der Waals surface area contributed by atoms with Crippen LogP contribution in [0, 0.1) is 11.6 Å². The molecule has 0 saturated heterocycles. The lowest BCUT2D eigenvalue weighted by Crippen LogP contribution is -2.02. The van der Waals surface area contributed by atoms with Crippen molar-refractivity contribution >= 4 is 32.9 Å². The summed E-state index contributed by atoms with van der Waals surface area (Å²) in [6.07, 6.45) is 0. The van der Waals surface area contributed by atoms with Gasteiger partial charge >= 0.3 is 5.97 Å². The van der Waals surface area contributed by atoms with Crippen molar-refractivity contribution in [3.05, 3.63) is 52.0 Å². The number of aromatic nitrogens is 3. The predicted molar refractivity (Wildman–Crippen MR) is 73.4 cm³/mol. The van der Waals surface area contributed by atoms with Crippen molar-refractivity contribution in [3.8, 4) is 5.69 Å². The highest BCUT2D eigenvalue weighted by molar-refractivity contribution is 9.10. The van der Waals surface area contributed by atoms with Crippen LogP contribution >= 0.6 is 15.9 Å². The fraction of sp³-hybridized carbons (Fsp3) is 0. The Morgan fingerprint density at radius 1 is 1.19 bits per heavy atom. The quantitative estimate of drug-likeness (QED) is 0.718. The Morgan fingerprint density at radius 3 is 2.67 bits per heavy atom. The van der Waals surface area contributed by atoms with Crippen molar-refractivity contribution in [2.75, 3.05) is 0 Å². The molecule has 1 aromatic heterocycles. The number of fused-ring (bicyclic) bond motifs is 1. The molecule has 2 aromatic carbocycles. The molecule has 21 heavy (non-hydrogen) atoms. The highest BCUT2D eigenvalue weighted by Crippen LogP contribution is 2.25. The summed E-state index contributed by atoms with van der Waals surface area (Å²) < 4.78 is 28.6. The predicted octanol–water partition coefficient (Wildman–Crippen LogP) is 3.16. The Kier molecular flexibility index (Phi) is 3.17. The van der Waals surface area contributed by atoms with Gasteiger partial charge in [0.15, 0.2) is 0 Å². The fourth-order valence-corrected chi connectivity index (χ4v) is 2.22. The number of aromatic carboxylic acids is 1. The molecule has 0 bridgehead atoms. The maximum absolute atomic E-state index is 14.0. The first-order chi connectivity index (χ1) is 9.97. The first-order valence-corrected chi connectivity index (χ1v) is 6.50. The second-order valence-corrected chi connectivity index (χ2v) is 5.08. The molecule has 0 radical (unpaired) electrons. The zero-order chi connectivity index (χ0) is 15.1. The lowest BCUT2D eigenvalue weighted by molar-refractivity contribution is 0.0697. The van der Waals surface area contributed by atoms with E-state index >= 15 is 0 Å². The molecule has 0 aliphatic heterocycles. The molecule has 0 spiro atoms. The Bertz CT molecular complexity index is 879. The van der Waals surface area contributed by atoms with Gasteiger partial charge in [0.2, 0.25) is 0 Å². The average Bonchev–Trinajstić information content (AvgIpc) is 2.85. The molecule has 5 nitrogen and oxygen atoms in total. The Labute approximate surface area is 124 Å². The minimum Gasteiger partial charge on any atom is -0.478 e. The molecule has 8 heteroatoms. The van der Waals surface area contributed by atoms with Gasteiger partial charge in [-0.15, -0.1) is 5.10 Å². The summed E-state index contributed by atoms with van der Waals surface area (Å²) in [5.74, 6) is -2.51. The van der Waals surface area contributed by atoms with Gasteiger partial charge < -0.3 is 5.11 Å². The van der Waals surface area contributed by atoms with Crippen LogP contribution in [0.4, 0.5) is 8.78 Å². The van der Waals surface area contributed by atoms with E-state index in [0.29, 0.717) is 5.52 Å². The van der Waals surface area contributed by atoms with Gasteiger partial charge in [0, 0.05) is 6.07 Å². The van der Waals surface area contributed by atoms with E-state index in [0.717, 1.165) is 16.8 Å². The van der Waals surface area contributed by atoms with E-state index in [1.54, 1.807) is 0 Å². The Morgan fingerprint density at radius 2 is 1.95 bits per heavy atom. The van der Waals surface area contributed by atoms with Crippen molar-refractivity contribution in [2.24, 2.45) is 0 Å². The molecule has 0 aliphatic carbocycles. The van der Waals surface area contributed by atoms with Crippen LogP contribution in [0.15, 0.2) is 34.8 Å². The summed E-state index contributed by atoms with van der Waals surface area (Å²) in [6.45, 7) is 0. The van der Waals surface area contributed by atoms with Gasteiger partial charge in [0.1, 0.15) is 22.8 Å². The number of carbonyl (C=O) groups is 1. The Balaban J connectivity index is 2.27. The van der Waals surface area contributed by atoms with E-state index in [-0.39, 0.29) is 21.2 Å². The number of carboxylic acid groups (broad SMARTS) is 1. The number of halogens is 3. The van der Waals surface area contributed by atoms with Gasteiger partial charge in [-0.3, -0.25) is 0 Å². The number of hydrogen-bond donors (Lipinski definition) is 1. The summed E-state index contributed by atoms with van der Waals surface area (Å²) in [5, 5.41) is 16.5. The van der Waals surface area contributed by atoms with Crippen molar-refractivity contribution in [3.63, 3.8) is 0 Å². The van der Waals surface area contributed by atoms with Crippen LogP contribution in [0.5, 0.6) is 0 Å². The number of hydrogen-bond acceptors (Lipinski definition) is 3. The number of nitrogens with zero attached hydrogens (tertiary/aromatic N) is 3. The van der Waals surface area contributed by atoms with Gasteiger partial charge in [-0.2, -0.15) is 0 Å². The largest absolute Gasteiger partial charge is 0.478 e. The minimum atomic E-state index is -1.13. The molecule has 0 unspecified atom stereocenters. The third-order valence-electron chi connectivity index (χ3n) is 2.91. The van der Waals surface area contributed by atoms with E-state index in [2.05, 4.69) is 26.2 Å². The van der Waals surface area contributed by atoms with E-state index in [1.165, 1.54) is 18.2 Å². The molecule has 106 valence electrons. The third-order valence-corrected chi connectivity index (χ3v) is 3.52. The van der Waals surface area contributed by atoms with E-state index in [9.17, 15) is 13.6 Å². The Hall–Kier alpha value is -2.35. The van der Waals surface area contributed by atoms with Crippen LogP contribution in [-0.4, -0.2) is 26.1 Å². The van der Waals surface area contributed by atoms with Crippen LogP contribution in [-0.2, 0) is 0 Å². The highest BCUT2D eigenvalue weighted by Gasteiger charge is 2.15. The van der Waals surface area contributed by atoms with Gasteiger partial charge in [0.25, 0.3) is 0 Å². The van der Waals surface area contributed by atoms with E-state index in [4.69, 9.17) is 5.11 Å². The molecule has 1 heterocycles. The second-order valence-electron chi connectivity index (χ2n) is 4.23. The van der Waals surface area contributed by atoms with Crippen LogP contribution in [0.3, 0.4) is 0 Å². The van der Waals surface area contributed by atoms with E-state index in [1.807, 2.05) is 0 Å². The van der Waals surface area contributed by atoms with Gasteiger partial charge in [-0.1, -0.05) is 5.21 Å². The topological polar surface area (TPSA) is 68.0 Å². The standard InChI is InChI=1S/C13H6BrF2N3O2/c14-7-4-9(16)11(5-8(7)15)19-12-3-6(13(20)21)1-2-10(12)17-18-19/h1-5H,(H,20,21). The lowest BCUT2D eigenvalue weighted by Gasteiger charge is -2.05. The average molecular weight is 354 g/mol. The molecular weight excluding hydrogens is 348 g/mol. The molecule has 1 N–H and O–H groups in total. The molecule has 0 atom stereocenters. The van der Waals surface area contributed by atoms with Crippen molar-refractivity contribution in [2.45, 2.75) is 0 Å². The van der Waals surface area contributed by atoms with Crippen molar-refractivity contribution < 1.29 is 18.7 Å². The summed E-state index contributed by atoms with van der Waals surface area (Å²) in [6, 6.07) is 6.05. The summed E-state index contributed by atoms with van der Waals surface area (Å²) in [4.78, 5) is 11.0. The van der Waals surface area contributed by atoms with Crippen LogP contribution in [0.2, 0.25) is 0 Å². The van der Waals surface area contributed by atoms with Crippen LogP contribution < -0.4 is 0 Å². The molecule has 0 amide bonds. The van der Waals surface area contributed by atoms with Crippen LogP contribution in [0.25, 0.3) is 16.7 Å². The summed E-state index contributed by atoms with van der Waals surface area (Å²) >= 11 is 2.89. The monoisotopic (exact) mass is 353 g/mol. The minimum absolute atomic E-state index is 0.00374. The number of benzene rings is 2. The SMILES string of the molecule is O=C(O)c1ccc2nnn(-c3cc(F)c(Br)cc3F)c2c1. The normalized spacial score (nSPS) is 11.0. The smallest absolute Gasteiger partial charge is 0.335 e. The van der Waals surface area contributed by atoms with Gasteiger partial charge in [-0.25, -0.2) is 18.3 Å². The van der Waals surface area contributed by atoms with Crippen molar-refractivity contribution in [1.29, 1.82) is 0 Å². The lowest BCUT2D eigenvalue weighted by atomic mass is 10.2. The second kappa shape index (κ2) is 4.88. The third kappa shape index (κ3) is 2.27. The fourth-order valence-electron chi connectivity index (χ4n) is 1.90. The molecule has 0 aliphatic rings. The number of rotatable bonds is 2. The maximum Gasteiger partial charge on any atom is 0.335 e. The summed E-state index contributed by atoms with van der Waals surface area (Å²) in [7, 11) is 0. The molecule has 0 saturated carbocycles. The molecule has 0 fully saturated rings. The van der Waals surface area contributed by atoms with Crippen LogP contribution in [0.1, 0.15) is 10.4 Å². The zero-order valence-corrected chi connectivity index (χ0v) is 11.8. The first-order valence-electron chi connectivity index (χ1n) is 5.71. The molecule has 3 aromatic rings. The van der Waals surface area contributed by atoms with Crippen molar-refractivity contribution in [1.82, 2.24) is 15.0 Å². The first kappa shape index (κ1) is 13.6. The van der Waals surface area contributed by atoms with Gasteiger partial charge in [-0.05, 0) is 40.2 Å². The van der Waals surface area contributed by atoms with E-state index < -0.39 is 17.6 Å². The maximum atomic E-state index is 14.0. The number of carboxylic acids is 1. The molecular formula is C13H6BrF2N3O2. The molecule has 3 rings (SSSR count). The highest BCUT2D eigenvalue weighted by atomic mass is 79.9.